The van der Waals surface area contributed by atoms with Crippen LogP contribution in [-0.4, -0.2) is 67.2 Å². The van der Waals surface area contributed by atoms with E-state index in [2.05, 4.69) is 0 Å². The van der Waals surface area contributed by atoms with E-state index in [4.69, 9.17) is 9.47 Å². The minimum Gasteiger partial charge on any atom is -0.497 e. The maximum atomic E-state index is 15.0. The lowest BCUT2D eigenvalue weighted by Gasteiger charge is -2.32. The first-order valence-electron chi connectivity index (χ1n) is 18.7. The van der Waals surface area contributed by atoms with Crippen molar-refractivity contribution < 1.29 is 33.8 Å². The standard InChI is InChI=1S/C44H45N3O7Si/c1-28-41(55(3,4)52)38(25-39(49)45(22-23-48)26-29-10-6-5-7-11-29)54-44(28)35-24-33(53-2)20-21-36(35)46(43(44)51)27-30-16-18-32(19-17-30)47-37-15-9-13-31-12-8-14-34(40(31)37)42(47)50/h5-21,24,28,38,41,48,52H,22-23,25-27H2,1-4H3/t28-,38+,41-,44+/m1/s1. The van der Waals surface area contributed by atoms with Gasteiger partial charge in [0.05, 0.1) is 49.7 Å². The summed E-state index contributed by atoms with van der Waals surface area (Å²) in [7, 11) is -1.48. The van der Waals surface area contributed by atoms with E-state index < -0.39 is 31.5 Å². The highest BCUT2D eigenvalue weighted by Gasteiger charge is 2.66. The normalized spacial score (nSPS) is 21.5. The van der Waals surface area contributed by atoms with Gasteiger partial charge in [-0.1, -0.05) is 73.7 Å². The summed E-state index contributed by atoms with van der Waals surface area (Å²) in [4.78, 5) is 59.5. The largest absolute Gasteiger partial charge is 0.497 e. The van der Waals surface area contributed by atoms with Crippen LogP contribution in [0.2, 0.25) is 18.6 Å². The molecule has 3 amide bonds. The molecule has 3 aliphatic heterocycles. The summed E-state index contributed by atoms with van der Waals surface area (Å²) in [6.07, 6.45) is -0.804. The minimum absolute atomic E-state index is 0.0541. The number of anilines is 3. The Morgan fingerprint density at radius 3 is 2.33 bits per heavy atom. The van der Waals surface area contributed by atoms with E-state index in [1.807, 2.05) is 129 Å². The highest BCUT2D eigenvalue weighted by molar-refractivity contribution is 6.71. The predicted octanol–water partition coefficient (Wildman–Crippen LogP) is 6.90. The first kappa shape index (κ1) is 36.6. The lowest BCUT2D eigenvalue weighted by Crippen LogP contribution is -2.46. The second-order valence-corrected chi connectivity index (χ2v) is 19.3. The zero-order chi connectivity index (χ0) is 38.6. The van der Waals surface area contributed by atoms with Crippen molar-refractivity contribution >= 4 is 53.9 Å². The predicted molar refractivity (Wildman–Crippen MR) is 214 cm³/mol. The molecule has 5 aromatic carbocycles. The van der Waals surface area contributed by atoms with E-state index in [1.54, 1.807) is 21.8 Å². The van der Waals surface area contributed by atoms with Gasteiger partial charge >= 0.3 is 0 Å². The van der Waals surface area contributed by atoms with Crippen LogP contribution in [0.4, 0.5) is 17.1 Å². The van der Waals surface area contributed by atoms with Crippen molar-refractivity contribution in [3.05, 3.63) is 131 Å². The van der Waals surface area contributed by atoms with Gasteiger partial charge in [-0.3, -0.25) is 19.3 Å². The molecule has 0 unspecified atom stereocenters. The molecule has 0 aromatic heterocycles. The number of methoxy groups -OCH3 is 1. The molecule has 2 N–H and O–H groups in total. The molecule has 55 heavy (non-hydrogen) atoms. The summed E-state index contributed by atoms with van der Waals surface area (Å²) < 4.78 is 12.6. The maximum absolute atomic E-state index is 15.0. The molecule has 11 heteroatoms. The van der Waals surface area contributed by atoms with Crippen LogP contribution in [0.15, 0.2) is 109 Å². The summed E-state index contributed by atoms with van der Waals surface area (Å²) in [6.45, 7) is 6.10. The number of rotatable bonds is 11. The van der Waals surface area contributed by atoms with E-state index in [0.29, 0.717) is 29.1 Å². The summed E-state index contributed by atoms with van der Waals surface area (Å²) in [5, 5.41) is 11.8. The quantitative estimate of drug-likeness (QED) is 0.141. The Labute approximate surface area is 321 Å². The summed E-state index contributed by atoms with van der Waals surface area (Å²) in [5.74, 6) is -0.483. The van der Waals surface area contributed by atoms with Gasteiger partial charge in [-0.15, -0.1) is 0 Å². The average molecular weight is 756 g/mol. The molecule has 10 nitrogen and oxygen atoms in total. The van der Waals surface area contributed by atoms with Crippen molar-refractivity contribution in [2.24, 2.45) is 5.92 Å². The molecule has 3 heterocycles. The van der Waals surface area contributed by atoms with Crippen LogP contribution >= 0.6 is 0 Å². The molecular weight excluding hydrogens is 711 g/mol. The molecule has 1 fully saturated rings. The number of nitrogens with zero attached hydrogens (tertiary/aromatic N) is 3. The van der Waals surface area contributed by atoms with Gasteiger partial charge in [0.2, 0.25) is 5.91 Å². The number of benzene rings is 5. The van der Waals surface area contributed by atoms with Gasteiger partial charge in [-0.2, -0.15) is 0 Å². The lowest BCUT2D eigenvalue weighted by molar-refractivity contribution is -0.150. The molecule has 0 bridgehead atoms. The van der Waals surface area contributed by atoms with Crippen LogP contribution in [-0.2, 0) is 33.0 Å². The molecule has 0 radical (unpaired) electrons. The molecule has 282 valence electrons. The molecule has 8 rings (SSSR count). The Morgan fingerprint density at radius 1 is 0.909 bits per heavy atom. The van der Waals surface area contributed by atoms with E-state index >= 15 is 4.79 Å². The number of carbonyl (C=O) groups is 3. The Bertz CT molecular complexity index is 2290. The van der Waals surface area contributed by atoms with Crippen LogP contribution in [0, 0.1) is 5.92 Å². The monoisotopic (exact) mass is 755 g/mol. The van der Waals surface area contributed by atoms with Crippen molar-refractivity contribution in [3.63, 3.8) is 0 Å². The number of fused-ring (bicyclic) bond motifs is 2. The van der Waals surface area contributed by atoms with Gasteiger partial charge in [0.1, 0.15) is 5.75 Å². The van der Waals surface area contributed by atoms with Gasteiger partial charge < -0.3 is 29.2 Å². The minimum atomic E-state index is -3.05. The Balaban J connectivity index is 1.10. The van der Waals surface area contributed by atoms with Crippen LogP contribution in [0.1, 0.15) is 40.4 Å². The average Bonchev–Trinajstić information content (AvgIpc) is 3.73. The second-order valence-electron chi connectivity index (χ2n) is 15.4. The summed E-state index contributed by atoms with van der Waals surface area (Å²) >= 11 is 0. The summed E-state index contributed by atoms with van der Waals surface area (Å²) in [5.41, 5.74) is 3.41. The number of ether oxygens (including phenoxy) is 2. The molecule has 0 aliphatic carbocycles. The zero-order valence-corrected chi connectivity index (χ0v) is 32.4. The fourth-order valence-electron chi connectivity index (χ4n) is 9.16. The molecule has 3 aliphatic rings. The highest BCUT2D eigenvalue weighted by Crippen LogP contribution is 2.60. The fourth-order valence-corrected chi connectivity index (χ4v) is 11.7. The molecular formula is C44H45N3O7Si. The zero-order valence-electron chi connectivity index (χ0n) is 31.4. The van der Waals surface area contributed by atoms with Crippen molar-refractivity contribution in [2.75, 3.05) is 30.1 Å². The van der Waals surface area contributed by atoms with Gasteiger partial charge in [0, 0.05) is 41.2 Å². The number of hydrogen-bond donors (Lipinski definition) is 2. The van der Waals surface area contributed by atoms with Crippen LogP contribution < -0.4 is 14.5 Å². The van der Waals surface area contributed by atoms with Gasteiger partial charge in [0.15, 0.2) is 13.9 Å². The van der Waals surface area contributed by atoms with Gasteiger partial charge in [0.25, 0.3) is 11.8 Å². The first-order valence-corrected chi connectivity index (χ1v) is 21.8. The Kier molecular flexibility index (Phi) is 9.37. The maximum Gasteiger partial charge on any atom is 0.264 e. The smallest absolute Gasteiger partial charge is 0.264 e. The third kappa shape index (κ3) is 6.11. The Morgan fingerprint density at radius 2 is 1.64 bits per heavy atom. The number of aliphatic hydroxyl groups is 1. The first-order chi connectivity index (χ1) is 26.5. The third-order valence-electron chi connectivity index (χ3n) is 11.6. The van der Waals surface area contributed by atoms with E-state index in [0.717, 1.165) is 33.3 Å². The SMILES string of the molecule is COc1ccc2c(c1)[C@]1(O[C@@H](CC(=O)N(CCO)Cc3ccccc3)[C@H]([Si](C)(C)O)[C@H]1C)C(=O)N2Cc1ccc(N2C(=O)c3cccc4cccc2c34)cc1. The van der Waals surface area contributed by atoms with Crippen LogP contribution in [0.25, 0.3) is 10.8 Å². The van der Waals surface area contributed by atoms with Crippen LogP contribution in [0.3, 0.4) is 0 Å². The fraction of sp³-hybridized carbons (Fsp3) is 0.295. The lowest BCUT2D eigenvalue weighted by atomic mass is 9.82. The number of carbonyl (C=O) groups excluding carboxylic acids is 3. The Hall–Kier alpha value is -5.33. The number of hydrogen-bond acceptors (Lipinski definition) is 7. The number of amides is 3. The van der Waals surface area contributed by atoms with E-state index in [-0.39, 0.29) is 43.8 Å². The van der Waals surface area contributed by atoms with Crippen molar-refractivity contribution in [3.8, 4) is 5.75 Å². The molecule has 1 spiro atoms. The molecule has 5 aromatic rings. The van der Waals surface area contributed by atoms with E-state index in [9.17, 15) is 19.5 Å². The summed E-state index contributed by atoms with van der Waals surface area (Å²) in [6, 6.07) is 34.5. The van der Waals surface area contributed by atoms with Crippen molar-refractivity contribution in [2.45, 2.75) is 56.8 Å². The second kappa shape index (κ2) is 14.1. The molecule has 1 saturated heterocycles. The topological polar surface area (TPSA) is 120 Å². The third-order valence-corrected chi connectivity index (χ3v) is 14.1. The highest BCUT2D eigenvalue weighted by atomic mass is 28.4. The van der Waals surface area contributed by atoms with Crippen LogP contribution in [0.5, 0.6) is 5.75 Å². The molecule has 0 saturated carbocycles. The van der Waals surface area contributed by atoms with Gasteiger partial charge in [-0.05, 0) is 72.1 Å². The van der Waals surface area contributed by atoms with Crippen molar-refractivity contribution in [1.29, 1.82) is 0 Å². The van der Waals surface area contributed by atoms with Crippen molar-refractivity contribution in [1.82, 2.24) is 4.90 Å². The van der Waals surface area contributed by atoms with E-state index in [1.165, 1.54) is 0 Å². The molecule has 4 atom stereocenters. The van der Waals surface area contributed by atoms with Gasteiger partial charge in [-0.25, -0.2) is 0 Å². The number of aliphatic hydroxyl groups excluding tert-OH is 1.